The Morgan fingerprint density at radius 2 is 1.29 bits per heavy atom. The molecule has 0 spiro atoms. The number of rotatable bonds is 7. The summed E-state index contributed by atoms with van der Waals surface area (Å²) in [7, 11) is 0. The van der Waals surface area contributed by atoms with Crippen molar-refractivity contribution in [2.45, 2.75) is 22.7 Å². The molecule has 0 aliphatic carbocycles. The van der Waals surface area contributed by atoms with Gasteiger partial charge in [-0.3, -0.25) is 0 Å². The van der Waals surface area contributed by atoms with Crippen LogP contribution >= 0.6 is 0 Å². The van der Waals surface area contributed by atoms with Crippen molar-refractivity contribution in [1.29, 1.82) is 0 Å². The number of nitrogens with two attached hydrogens (primary N) is 2. The van der Waals surface area contributed by atoms with Gasteiger partial charge in [0.05, 0.1) is 0 Å². The summed E-state index contributed by atoms with van der Waals surface area (Å²) in [4.78, 5) is 20.6. The van der Waals surface area contributed by atoms with E-state index in [4.69, 9.17) is 21.7 Å². The van der Waals surface area contributed by atoms with E-state index >= 15 is 0 Å². The second kappa shape index (κ2) is 7.22. The first kappa shape index (κ1) is 13.9. The van der Waals surface area contributed by atoms with Crippen LogP contribution in [0.1, 0.15) is 0 Å². The predicted molar refractivity (Wildman–Crippen MR) is 52.3 cm³/mol. The van der Waals surface area contributed by atoms with Gasteiger partial charge in [-0.05, 0) is 0 Å². The monoisotopic (exact) mass is 336 g/mol. The molecule has 0 saturated carbocycles. The van der Waals surface area contributed by atoms with Gasteiger partial charge in [0.1, 0.15) is 0 Å². The van der Waals surface area contributed by atoms with Crippen LogP contribution < -0.4 is 11.5 Å². The van der Waals surface area contributed by atoms with E-state index in [0.717, 1.165) is 0 Å². The average Bonchev–Trinajstić information content (AvgIpc) is 2.11. The van der Waals surface area contributed by atoms with E-state index < -0.39 is 24.0 Å². The number of hydrogen-bond donors (Lipinski definition) is 4. The summed E-state index contributed by atoms with van der Waals surface area (Å²) >= 11 is 0.218. The molecule has 0 fully saturated rings. The van der Waals surface area contributed by atoms with Crippen LogP contribution in [0.2, 0.25) is 10.6 Å². The van der Waals surface area contributed by atoms with E-state index in [9.17, 15) is 9.59 Å². The number of aliphatic carboxylic acids is 2. The molecule has 0 radical (unpaired) electrons. The third-order valence-electron chi connectivity index (χ3n) is 1.21. The number of carbonyl (C=O) groups is 2. The maximum atomic E-state index is 10.3. The molecule has 0 rings (SSSR count). The molecule has 0 aliphatic rings. The Labute approximate surface area is 92.3 Å². The summed E-state index contributed by atoms with van der Waals surface area (Å²) in [5.74, 6) is -2.02. The summed E-state index contributed by atoms with van der Waals surface area (Å²) in [6.07, 6.45) is 0. The van der Waals surface area contributed by atoms with Crippen LogP contribution in [0.15, 0.2) is 0 Å². The van der Waals surface area contributed by atoms with E-state index in [1.807, 2.05) is 0 Å². The van der Waals surface area contributed by atoms with Gasteiger partial charge < -0.3 is 0 Å². The maximum absolute atomic E-state index is 10.3. The second-order valence-corrected chi connectivity index (χ2v) is 9.99. The van der Waals surface area contributed by atoms with Crippen molar-refractivity contribution in [3.05, 3.63) is 0 Å². The molecule has 82 valence electrons. The molecule has 1 unspecified atom stereocenters. The number of carboxylic acids is 2. The van der Waals surface area contributed by atoms with Crippen LogP contribution in [0.4, 0.5) is 0 Å². The van der Waals surface area contributed by atoms with Crippen molar-refractivity contribution in [3.63, 3.8) is 0 Å². The topological polar surface area (TPSA) is 127 Å². The van der Waals surface area contributed by atoms with Gasteiger partial charge in [0.2, 0.25) is 0 Å². The Morgan fingerprint density at radius 1 is 1.00 bits per heavy atom. The van der Waals surface area contributed by atoms with Crippen LogP contribution in [0, 0.1) is 0 Å². The minimum absolute atomic E-state index is 0.109. The number of hydrogen-bond acceptors (Lipinski definition) is 4. The van der Waals surface area contributed by atoms with E-state index in [-0.39, 0.29) is 26.3 Å². The molecule has 8 heteroatoms. The molecule has 0 aromatic carbocycles. The molecular weight excluding hydrogens is 322 g/mol. The molecule has 14 heavy (non-hydrogen) atoms. The zero-order valence-corrected chi connectivity index (χ0v) is 10.7. The van der Waals surface area contributed by atoms with Gasteiger partial charge in [-0.15, -0.1) is 0 Å². The quantitative estimate of drug-likeness (QED) is 0.314. The fourth-order valence-electron chi connectivity index (χ4n) is 0.385. The summed E-state index contributed by atoms with van der Waals surface area (Å²) in [5, 5.41) is 17.8. The van der Waals surface area contributed by atoms with Gasteiger partial charge in [-0.25, -0.2) is 0 Å². The zero-order valence-electron chi connectivity index (χ0n) is 7.25. The Morgan fingerprint density at radius 3 is 1.50 bits per heavy atom. The first-order valence-electron chi connectivity index (χ1n) is 3.66. The second-order valence-electron chi connectivity index (χ2n) is 2.46. The Balaban J connectivity index is 3.47. The summed E-state index contributed by atoms with van der Waals surface area (Å²) in [5.41, 5.74) is 10.5. The normalized spacial score (nSPS) is 14.7. The zero-order chi connectivity index (χ0) is 11.1. The summed E-state index contributed by atoms with van der Waals surface area (Å²) < 4.78 is 0. The third-order valence-corrected chi connectivity index (χ3v) is 8.42. The van der Waals surface area contributed by atoms with Crippen molar-refractivity contribution in [3.8, 4) is 0 Å². The fourth-order valence-corrected chi connectivity index (χ4v) is 7.30. The average molecular weight is 334 g/mol. The summed E-state index contributed by atoms with van der Waals surface area (Å²) in [6.45, 7) is 0. The van der Waals surface area contributed by atoms with Gasteiger partial charge in [0.25, 0.3) is 0 Å². The molecule has 6 nitrogen and oxygen atoms in total. The first-order chi connectivity index (χ1) is 6.45. The Kier molecular flexibility index (Phi) is 7.17. The van der Waals surface area contributed by atoms with Crippen molar-refractivity contribution in [1.82, 2.24) is 0 Å². The summed E-state index contributed by atoms with van der Waals surface area (Å²) in [6, 6.07) is -1.64. The van der Waals surface area contributed by atoms with E-state index in [0.29, 0.717) is 10.6 Å². The van der Waals surface area contributed by atoms with E-state index in [1.165, 1.54) is 0 Å². The Hall–Kier alpha value is -0.101. The molecular formula is C6H12N2O4Se2. The molecule has 6 N–H and O–H groups in total. The van der Waals surface area contributed by atoms with Crippen molar-refractivity contribution < 1.29 is 19.8 Å². The molecule has 0 amide bonds. The SMILES string of the molecule is NC(C[Se][Se]C[C@H](N)C(=O)O)C(=O)O. The van der Waals surface area contributed by atoms with Crippen molar-refractivity contribution in [2.75, 3.05) is 0 Å². The van der Waals surface area contributed by atoms with Gasteiger partial charge in [0.15, 0.2) is 0 Å². The van der Waals surface area contributed by atoms with Gasteiger partial charge in [-0.1, -0.05) is 0 Å². The van der Waals surface area contributed by atoms with Crippen LogP contribution in [-0.2, 0) is 9.59 Å². The predicted octanol–water partition coefficient (Wildman–Crippen LogP) is -2.03. The van der Waals surface area contributed by atoms with Crippen molar-refractivity contribution >= 4 is 38.2 Å². The molecule has 0 saturated heterocycles. The van der Waals surface area contributed by atoms with E-state index in [2.05, 4.69) is 0 Å². The molecule has 0 aromatic heterocycles. The first-order valence-corrected chi connectivity index (χ1v) is 10.4. The molecule has 0 aromatic rings. The van der Waals surface area contributed by atoms with Crippen LogP contribution in [0.3, 0.4) is 0 Å². The number of carboxylic acid groups (broad SMARTS) is 2. The molecule has 0 heterocycles. The molecule has 0 bridgehead atoms. The van der Waals surface area contributed by atoms with Gasteiger partial charge >= 0.3 is 92.2 Å². The standard InChI is InChI=1S/C6H12N2O4Se2/c7-3(5(9)10)1-13-14-2-4(8)6(11)12/h3-4H,1-2,7-8H2,(H,9,10)(H,11,12)/t3-,4?/m0/s1. The molecule has 0 aliphatic heterocycles. The third kappa shape index (κ3) is 6.37. The fraction of sp³-hybridized carbons (Fsp3) is 0.667. The van der Waals surface area contributed by atoms with Crippen LogP contribution in [-0.4, -0.2) is 60.5 Å². The van der Waals surface area contributed by atoms with Crippen molar-refractivity contribution in [2.24, 2.45) is 11.5 Å². The van der Waals surface area contributed by atoms with Gasteiger partial charge in [0, 0.05) is 0 Å². The van der Waals surface area contributed by atoms with E-state index in [1.54, 1.807) is 0 Å². The van der Waals surface area contributed by atoms with Crippen LogP contribution in [0.5, 0.6) is 0 Å². The minimum atomic E-state index is -1.01. The molecule has 2 atom stereocenters. The van der Waals surface area contributed by atoms with Gasteiger partial charge in [-0.2, -0.15) is 0 Å². The Bertz CT molecular complexity index is 192. The van der Waals surface area contributed by atoms with Crippen LogP contribution in [0.25, 0.3) is 0 Å².